The van der Waals surface area contributed by atoms with Gasteiger partial charge in [-0.2, -0.15) is 0 Å². The summed E-state index contributed by atoms with van der Waals surface area (Å²) in [5.41, 5.74) is -2.25. The number of hydrogen-bond acceptors (Lipinski definition) is 10. The van der Waals surface area contributed by atoms with E-state index in [1.54, 1.807) is 21.0 Å². The van der Waals surface area contributed by atoms with E-state index in [1.807, 2.05) is 32.8 Å². The Hall–Kier alpha value is -1.14. The number of carbonyl (C=O) groups excluding carboxylic acids is 2. The number of esters is 1. The van der Waals surface area contributed by atoms with Gasteiger partial charge in [0.15, 0.2) is 12.1 Å². The van der Waals surface area contributed by atoms with Crippen LogP contribution in [0.3, 0.4) is 0 Å². The Kier molecular flexibility index (Phi) is 14.1. The second kappa shape index (κ2) is 16.5. The van der Waals surface area contributed by atoms with Crippen LogP contribution in [0.25, 0.3) is 0 Å². The van der Waals surface area contributed by atoms with Crippen molar-refractivity contribution in [3.8, 4) is 0 Å². The third-order valence-corrected chi connectivity index (χ3v) is 10.9. The maximum absolute atomic E-state index is 14.0. The molecule has 0 aromatic carbocycles. The molecule has 8 atom stereocenters. The minimum atomic E-state index is -1.37. The van der Waals surface area contributed by atoms with Crippen molar-refractivity contribution < 1.29 is 33.6 Å². The highest BCUT2D eigenvalue weighted by Gasteiger charge is 2.49. The van der Waals surface area contributed by atoms with Gasteiger partial charge < -0.3 is 33.9 Å². The fourth-order valence-corrected chi connectivity index (χ4v) is 7.85. The largest absolute Gasteiger partial charge is 0.463 e. The molecule has 1 saturated carbocycles. The Labute approximate surface area is 279 Å². The monoisotopic (exact) mass is 653 g/mol. The molecule has 0 radical (unpaired) electrons. The van der Waals surface area contributed by atoms with Crippen LogP contribution in [0.2, 0.25) is 0 Å². The van der Waals surface area contributed by atoms with E-state index in [2.05, 4.69) is 44.5 Å². The number of likely N-dealkylation sites (N-methyl/N-ethyl adjacent to an activating group) is 1. The number of aliphatic hydroxyl groups is 1. The third kappa shape index (κ3) is 9.51. The van der Waals surface area contributed by atoms with E-state index >= 15 is 0 Å². The summed E-state index contributed by atoms with van der Waals surface area (Å²) < 4.78 is 25.0. The molecule has 1 N–H and O–H groups in total. The number of rotatable bonds is 10. The standard InChI is InChI=1S/C36H67N3O7/c1-13-14-39-21-24(4)19-36(8,43-12)31(46-33-32(41)28(37(9)10)15-25(5)45-33)18-30(40)35(6,7)34(42)44-22-29(39)26-16-27(17-26)38(11)20-23(2)3/h23-29,31-33,41H,13-22H2,1-12H3/t24-,25-,26?,27?,28+,29+,31-,32-,33+,36-/m1/s1. The average Bonchev–Trinajstić information content (AvgIpc) is 2.93. The van der Waals surface area contributed by atoms with Crippen molar-refractivity contribution in [1.29, 1.82) is 0 Å². The molecule has 0 aromatic heterocycles. The highest BCUT2D eigenvalue weighted by Crippen LogP contribution is 2.39. The zero-order valence-corrected chi connectivity index (χ0v) is 31.1. The number of hydrogen-bond donors (Lipinski definition) is 1. The molecule has 0 spiro atoms. The number of aliphatic hydroxyl groups excluding tert-OH is 1. The van der Waals surface area contributed by atoms with Crippen molar-refractivity contribution in [3.63, 3.8) is 0 Å². The lowest BCUT2D eigenvalue weighted by atomic mass is 9.74. The van der Waals surface area contributed by atoms with Crippen LogP contribution >= 0.6 is 0 Å². The van der Waals surface area contributed by atoms with Gasteiger partial charge in [-0.25, -0.2) is 0 Å². The van der Waals surface area contributed by atoms with Crippen LogP contribution in [0.1, 0.15) is 93.9 Å². The molecular formula is C36H67N3O7. The van der Waals surface area contributed by atoms with Gasteiger partial charge in [0.1, 0.15) is 18.1 Å². The Morgan fingerprint density at radius 3 is 2.30 bits per heavy atom. The first-order chi connectivity index (χ1) is 21.4. The maximum atomic E-state index is 14.0. The normalized spacial score (nSPS) is 38.7. The molecule has 0 bridgehead atoms. The summed E-state index contributed by atoms with van der Waals surface area (Å²) in [6.45, 7) is 19.2. The lowest BCUT2D eigenvalue weighted by Gasteiger charge is -2.49. The Morgan fingerprint density at radius 2 is 1.74 bits per heavy atom. The first-order valence-corrected chi connectivity index (χ1v) is 17.8. The van der Waals surface area contributed by atoms with E-state index in [1.165, 1.54) is 0 Å². The summed E-state index contributed by atoms with van der Waals surface area (Å²) in [6, 6.07) is 0.459. The Balaban J connectivity index is 1.93. The van der Waals surface area contributed by atoms with E-state index in [9.17, 15) is 14.7 Å². The summed E-state index contributed by atoms with van der Waals surface area (Å²) >= 11 is 0. The van der Waals surface area contributed by atoms with Crippen LogP contribution in [0.15, 0.2) is 0 Å². The van der Waals surface area contributed by atoms with Crippen LogP contribution in [-0.2, 0) is 28.5 Å². The van der Waals surface area contributed by atoms with E-state index in [4.69, 9.17) is 18.9 Å². The van der Waals surface area contributed by atoms with Crippen LogP contribution in [-0.4, -0.2) is 134 Å². The van der Waals surface area contributed by atoms with Crippen molar-refractivity contribution >= 4 is 11.8 Å². The van der Waals surface area contributed by atoms with Gasteiger partial charge in [0.25, 0.3) is 0 Å². The van der Waals surface area contributed by atoms with Gasteiger partial charge in [0, 0.05) is 44.7 Å². The van der Waals surface area contributed by atoms with E-state index in [-0.39, 0.29) is 42.9 Å². The number of methoxy groups -OCH3 is 1. The molecule has 0 amide bonds. The fraction of sp³-hybridized carbons (Fsp3) is 0.944. The minimum absolute atomic E-state index is 0.0681. The first kappa shape index (κ1) is 39.3. The summed E-state index contributed by atoms with van der Waals surface area (Å²) in [5, 5.41) is 11.3. The van der Waals surface area contributed by atoms with Gasteiger partial charge in [-0.3, -0.25) is 14.5 Å². The maximum Gasteiger partial charge on any atom is 0.319 e. The highest BCUT2D eigenvalue weighted by atomic mass is 16.7. The van der Waals surface area contributed by atoms with Crippen LogP contribution < -0.4 is 0 Å². The molecule has 2 aliphatic heterocycles. The Bertz CT molecular complexity index is 987. The van der Waals surface area contributed by atoms with Crippen LogP contribution in [0.4, 0.5) is 0 Å². The van der Waals surface area contributed by atoms with Crippen molar-refractivity contribution in [2.45, 2.75) is 142 Å². The van der Waals surface area contributed by atoms with Crippen molar-refractivity contribution in [2.75, 3.05) is 54.5 Å². The second-order valence-corrected chi connectivity index (χ2v) is 16.2. The molecule has 3 aliphatic rings. The molecule has 10 nitrogen and oxygen atoms in total. The van der Waals surface area contributed by atoms with Gasteiger partial charge in [-0.1, -0.05) is 27.7 Å². The van der Waals surface area contributed by atoms with Crippen molar-refractivity contribution in [2.24, 2.45) is 23.2 Å². The minimum Gasteiger partial charge on any atom is -0.463 e. The van der Waals surface area contributed by atoms with Crippen LogP contribution in [0, 0.1) is 23.2 Å². The van der Waals surface area contributed by atoms with Gasteiger partial charge in [-0.05, 0) is 105 Å². The van der Waals surface area contributed by atoms with Gasteiger partial charge in [-0.15, -0.1) is 0 Å². The molecule has 1 aliphatic carbocycles. The molecule has 2 saturated heterocycles. The molecule has 0 unspecified atom stereocenters. The average molecular weight is 654 g/mol. The SMILES string of the molecule is CCCN1C[C@H](C)C[C@@](C)(OC)[C@H](O[C@@H]2O[C@H](C)C[C@H](N(C)C)[C@H]2O)CC(=O)C(C)(C)C(=O)OC[C@H]1C1CC(N(C)CC(C)C)C1. The molecule has 3 fully saturated rings. The quantitative estimate of drug-likeness (QED) is 0.273. The second-order valence-electron chi connectivity index (χ2n) is 16.2. The summed E-state index contributed by atoms with van der Waals surface area (Å²) in [6.07, 6.45) is 1.62. The molecule has 268 valence electrons. The fourth-order valence-electron chi connectivity index (χ4n) is 7.85. The predicted molar refractivity (Wildman–Crippen MR) is 180 cm³/mol. The van der Waals surface area contributed by atoms with E-state index in [0.29, 0.717) is 30.7 Å². The summed E-state index contributed by atoms with van der Waals surface area (Å²) in [4.78, 5) is 34.6. The van der Waals surface area contributed by atoms with Gasteiger partial charge >= 0.3 is 5.97 Å². The highest BCUT2D eigenvalue weighted by molar-refractivity contribution is 6.03. The zero-order valence-electron chi connectivity index (χ0n) is 31.1. The number of ketones is 1. The van der Waals surface area contributed by atoms with Crippen molar-refractivity contribution in [3.05, 3.63) is 0 Å². The van der Waals surface area contributed by atoms with Gasteiger partial charge in [0.05, 0.1) is 17.8 Å². The van der Waals surface area contributed by atoms with Gasteiger partial charge in [0.2, 0.25) is 0 Å². The molecule has 2 heterocycles. The molecule has 0 aromatic rings. The number of Topliss-reactive ketones (excluding diaryl/α,β-unsaturated/α-hetero) is 1. The Morgan fingerprint density at radius 1 is 1.09 bits per heavy atom. The number of carbonyl (C=O) groups is 2. The molecule has 10 heteroatoms. The van der Waals surface area contributed by atoms with E-state index < -0.39 is 35.5 Å². The van der Waals surface area contributed by atoms with Crippen molar-refractivity contribution in [1.82, 2.24) is 14.7 Å². The smallest absolute Gasteiger partial charge is 0.319 e. The summed E-state index contributed by atoms with van der Waals surface area (Å²) in [7, 11) is 7.74. The third-order valence-electron chi connectivity index (χ3n) is 10.9. The zero-order chi connectivity index (χ0) is 34.6. The lowest BCUT2D eigenvalue weighted by molar-refractivity contribution is -0.289. The molecule has 46 heavy (non-hydrogen) atoms. The van der Waals surface area contributed by atoms with E-state index in [0.717, 1.165) is 38.9 Å². The topological polar surface area (TPSA) is 101 Å². The number of ether oxygens (including phenoxy) is 4. The first-order valence-electron chi connectivity index (χ1n) is 17.8. The van der Waals surface area contributed by atoms with Crippen LogP contribution in [0.5, 0.6) is 0 Å². The molecular weight excluding hydrogens is 586 g/mol. The molecule has 3 rings (SSSR count). The number of cyclic esters (lactones) is 1. The predicted octanol–water partition coefficient (Wildman–Crippen LogP) is 4.22. The number of nitrogens with zero attached hydrogens (tertiary/aromatic N) is 3. The summed E-state index contributed by atoms with van der Waals surface area (Å²) in [5.74, 6) is 0.431. The lowest BCUT2D eigenvalue weighted by Crippen LogP contribution is -2.57.